The van der Waals surface area contributed by atoms with Crippen LogP contribution in [-0.4, -0.2) is 55.3 Å². The number of halogens is 1. The zero-order valence-electron chi connectivity index (χ0n) is 11.8. The van der Waals surface area contributed by atoms with Gasteiger partial charge in [-0.1, -0.05) is 18.5 Å². The monoisotopic (exact) mass is 331 g/mol. The van der Waals surface area contributed by atoms with Gasteiger partial charge in [0.05, 0.1) is 16.5 Å². The number of carbonyl (C=O) groups excluding carboxylic acids is 1. The number of aromatic nitrogens is 1. The van der Waals surface area contributed by atoms with Crippen molar-refractivity contribution in [3.05, 3.63) is 22.8 Å². The number of nitrogens with one attached hydrogen (secondary N) is 1. The Morgan fingerprint density at radius 1 is 1.38 bits per heavy atom. The maximum absolute atomic E-state index is 12.4. The predicted octanol–water partition coefficient (Wildman–Crippen LogP) is 1.43. The molecule has 2 heterocycles. The van der Waals surface area contributed by atoms with Crippen LogP contribution in [0.4, 0.5) is 5.82 Å². The summed E-state index contributed by atoms with van der Waals surface area (Å²) in [5.74, 6) is 0.248. The van der Waals surface area contributed by atoms with Crippen molar-refractivity contribution in [2.75, 3.05) is 36.5 Å². The predicted molar refractivity (Wildman–Crippen MR) is 82.6 cm³/mol. The van der Waals surface area contributed by atoms with Gasteiger partial charge in [-0.15, -0.1) is 0 Å². The lowest BCUT2D eigenvalue weighted by atomic mass is 10.3. The molecule has 1 N–H and O–H groups in total. The first-order valence-corrected chi connectivity index (χ1v) is 9.03. The van der Waals surface area contributed by atoms with Crippen molar-refractivity contribution >= 4 is 33.2 Å². The molecule has 1 aliphatic heterocycles. The van der Waals surface area contributed by atoms with Crippen molar-refractivity contribution in [3.63, 3.8) is 0 Å². The average Bonchev–Trinajstić information content (AvgIpc) is 2.46. The average molecular weight is 332 g/mol. The van der Waals surface area contributed by atoms with Gasteiger partial charge >= 0.3 is 0 Å². The number of nitrogens with zero attached hydrogens (tertiary/aromatic N) is 2. The molecule has 0 bridgehead atoms. The smallest absolute Gasteiger partial charge is 0.274 e. The summed E-state index contributed by atoms with van der Waals surface area (Å²) in [4.78, 5) is 18.1. The molecule has 0 aliphatic carbocycles. The van der Waals surface area contributed by atoms with Crippen LogP contribution >= 0.6 is 11.6 Å². The van der Waals surface area contributed by atoms with Crippen LogP contribution < -0.4 is 5.32 Å². The Kier molecular flexibility index (Phi) is 5.05. The van der Waals surface area contributed by atoms with Crippen LogP contribution in [0.15, 0.2) is 12.1 Å². The van der Waals surface area contributed by atoms with Crippen LogP contribution in [0.3, 0.4) is 0 Å². The van der Waals surface area contributed by atoms with Crippen molar-refractivity contribution in [1.82, 2.24) is 9.88 Å². The van der Waals surface area contributed by atoms with Crippen molar-refractivity contribution < 1.29 is 13.2 Å². The quantitative estimate of drug-likeness (QED) is 0.902. The third-order valence-electron chi connectivity index (χ3n) is 3.24. The van der Waals surface area contributed by atoms with E-state index in [1.807, 2.05) is 6.92 Å². The molecular weight excluding hydrogens is 314 g/mol. The molecule has 21 heavy (non-hydrogen) atoms. The fraction of sp³-hybridized carbons (Fsp3) is 0.538. The number of sulfone groups is 1. The Bertz CT molecular complexity index is 620. The molecule has 1 aromatic rings. The largest absolute Gasteiger partial charge is 0.370 e. The highest BCUT2D eigenvalue weighted by Gasteiger charge is 2.27. The molecule has 0 aromatic carbocycles. The number of hydrogen-bond acceptors (Lipinski definition) is 5. The zero-order chi connectivity index (χ0) is 15.5. The van der Waals surface area contributed by atoms with Gasteiger partial charge in [-0.2, -0.15) is 0 Å². The minimum Gasteiger partial charge on any atom is -0.370 e. The summed E-state index contributed by atoms with van der Waals surface area (Å²) in [6.07, 6.45) is 0.942. The van der Waals surface area contributed by atoms with E-state index in [0.717, 1.165) is 13.0 Å². The third-order valence-corrected chi connectivity index (χ3v) is 5.15. The number of hydrogen-bond donors (Lipinski definition) is 1. The van der Waals surface area contributed by atoms with E-state index >= 15 is 0 Å². The highest BCUT2D eigenvalue weighted by atomic mass is 35.5. The molecule has 1 saturated heterocycles. The minimum atomic E-state index is -3.02. The Hall–Kier alpha value is -1.34. The highest BCUT2D eigenvalue weighted by molar-refractivity contribution is 7.91. The van der Waals surface area contributed by atoms with Gasteiger partial charge in [-0.3, -0.25) is 4.79 Å². The van der Waals surface area contributed by atoms with Gasteiger partial charge in [0, 0.05) is 19.6 Å². The molecule has 8 heteroatoms. The van der Waals surface area contributed by atoms with Crippen molar-refractivity contribution in [3.8, 4) is 0 Å². The summed E-state index contributed by atoms with van der Waals surface area (Å²) in [5, 5.41) is 3.37. The van der Waals surface area contributed by atoms with E-state index in [9.17, 15) is 13.2 Å². The van der Waals surface area contributed by atoms with Gasteiger partial charge in [0.15, 0.2) is 9.84 Å². The molecule has 0 unspecified atom stereocenters. The van der Waals surface area contributed by atoms with Crippen molar-refractivity contribution in [2.45, 2.75) is 13.3 Å². The summed E-state index contributed by atoms with van der Waals surface area (Å²) in [6.45, 7) is 3.16. The fourth-order valence-electron chi connectivity index (χ4n) is 2.01. The molecule has 6 nitrogen and oxygen atoms in total. The van der Waals surface area contributed by atoms with Crippen LogP contribution in [0.5, 0.6) is 0 Å². The lowest BCUT2D eigenvalue weighted by Gasteiger charge is -2.26. The first kappa shape index (κ1) is 16.0. The van der Waals surface area contributed by atoms with Gasteiger partial charge < -0.3 is 10.2 Å². The topological polar surface area (TPSA) is 79.4 Å². The van der Waals surface area contributed by atoms with Crippen LogP contribution in [-0.2, 0) is 9.84 Å². The molecule has 1 aromatic heterocycles. The number of rotatable bonds is 4. The second kappa shape index (κ2) is 6.62. The van der Waals surface area contributed by atoms with E-state index in [0.29, 0.717) is 5.82 Å². The van der Waals surface area contributed by atoms with E-state index in [-0.39, 0.29) is 41.2 Å². The molecule has 116 valence electrons. The van der Waals surface area contributed by atoms with Gasteiger partial charge in [-0.25, -0.2) is 13.4 Å². The molecule has 0 atom stereocenters. The molecule has 1 amide bonds. The molecule has 0 spiro atoms. The normalized spacial score (nSPS) is 17.5. The second-order valence-electron chi connectivity index (χ2n) is 4.90. The van der Waals surface area contributed by atoms with Gasteiger partial charge in [0.2, 0.25) is 0 Å². The molecule has 0 saturated carbocycles. The SMILES string of the molecule is CCCNc1ccc(Cl)c(C(=O)N2CCS(=O)(=O)CC2)n1. The summed E-state index contributed by atoms with van der Waals surface area (Å²) in [7, 11) is -3.02. The van der Waals surface area contributed by atoms with Crippen LogP contribution in [0.25, 0.3) is 0 Å². The van der Waals surface area contributed by atoms with Crippen LogP contribution in [0.1, 0.15) is 23.8 Å². The summed E-state index contributed by atoms with van der Waals surface area (Å²) in [6, 6.07) is 3.34. The lowest BCUT2D eigenvalue weighted by molar-refractivity contribution is 0.0764. The summed E-state index contributed by atoms with van der Waals surface area (Å²) < 4.78 is 22.8. The number of anilines is 1. The summed E-state index contributed by atoms with van der Waals surface area (Å²) in [5.41, 5.74) is 0.164. The number of pyridine rings is 1. The Balaban J connectivity index is 2.15. The number of amides is 1. The Morgan fingerprint density at radius 2 is 2.05 bits per heavy atom. The standard InChI is InChI=1S/C13H18ClN3O3S/c1-2-5-15-11-4-3-10(14)12(16-11)13(18)17-6-8-21(19,20)9-7-17/h3-4H,2,5-9H2,1H3,(H,15,16). The van der Waals surface area contributed by atoms with Gasteiger partial charge in [0.25, 0.3) is 5.91 Å². The zero-order valence-corrected chi connectivity index (χ0v) is 13.4. The molecular formula is C13H18ClN3O3S. The Morgan fingerprint density at radius 3 is 2.67 bits per heavy atom. The van der Waals surface area contributed by atoms with Gasteiger partial charge in [-0.05, 0) is 18.6 Å². The Labute approximate surface area is 129 Å². The maximum Gasteiger partial charge on any atom is 0.274 e. The fourth-order valence-corrected chi connectivity index (χ4v) is 3.40. The minimum absolute atomic E-state index is 0.00979. The first-order chi connectivity index (χ1) is 9.93. The van der Waals surface area contributed by atoms with Crippen LogP contribution in [0.2, 0.25) is 5.02 Å². The third kappa shape index (κ3) is 4.07. The van der Waals surface area contributed by atoms with E-state index in [1.54, 1.807) is 12.1 Å². The van der Waals surface area contributed by atoms with E-state index in [4.69, 9.17) is 11.6 Å². The first-order valence-electron chi connectivity index (χ1n) is 6.83. The van der Waals surface area contributed by atoms with Gasteiger partial charge in [0.1, 0.15) is 11.5 Å². The van der Waals surface area contributed by atoms with E-state index in [2.05, 4.69) is 10.3 Å². The highest BCUT2D eigenvalue weighted by Crippen LogP contribution is 2.19. The van der Waals surface area contributed by atoms with E-state index in [1.165, 1.54) is 4.90 Å². The molecule has 1 fully saturated rings. The maximum atomic E-state index is 12.4. The van der Waals surface area contributed by atoms with Crippen molar-refractivity contribution in [2.24, 2.45) is 0 Å². The number of carbonyl (C=O) groups is 1. The van der Waals surface area contributed by atoms with E-state index < -0.39 is 9.84 Å². The lowest BCUT2D eigenvalue weighted by Crippen LogP contribution is -2.44. The molecule has 2 rings (SSSR count). The molecule has 1 aliphatic rings. The second-order valence-corrected chi connectivity index (χ2v) is 7.61. The van der Waals surface area contributed by atoms with Crippen molar-refractivity contribution in [1.29, 1.82) is 0 Å². The van der Waals surface area contributed by atoms with Crippen LogP contribution in [0, 0.1) is 0 Å². The molecule has 0 radical (unpaired) electrons. The summed E-state index contributed by atoms with van der Waals surface area (Å²) >= 11 is 6.04.